The molecule has 1 radical (unpaired) electrons. The van der Waals surface area contributed by atoms with Crippen LogP contribution >= 0.6 is 11.3 Å². The van der Waals surface area contributed by atoms with Gasteiger partial charge in [-0.15, -0.1) is 29.1 Å². The molecule has 0 amide bonds. The molecular weight excluding hydrogens is 795 g/mol. The number of thiophene rings is 1. The molecule has 0 aliphatic carbocycles. The first-order valence-electron chi connectivity index (χ1n) is 16.7. The number of hydrogen-bond donors (Lipinski definition) is 1. The number of aryl methyl sites for hydroxylation is 1. The van der Waals surface area contributed by atoms with Gasteiger partial charge in [0.1, 0.15) is 22.7 Å². The molecule has 3 aromatic heterocycles. The van der Waals surface area contributed by atoms with E-state index in [1.807, 2.05) is 79.0 Å². The van der Waals surface area contributed by atoms with Crippen molar-refractivity contribution in [3.63, 3.8) is 0 Å². The topological polar surface area (TPSA) is 75.9 Å². The van der Waals surface area contributed by atoms with Crippen LogP contribution in [-0.2, 0) is 30.3 Å². The Morgan fingerprint density at radius 2 is 1.60 bits per heavy atom. The first-order chi connectivity index (χ1) is 22.2. The maximum atomic E-state index is 12.2. The maximum absolute atomic E-state index is 12.2. The summed E-state index contributed by atoms with van der Waals surface area (Å²) in [7, 11) is 0. The van der Waals surface area contributed by atoms with Crippen molar-refractivity contribution in [2.24, 2.45) is 15.8 Å². The molecule has 3 heterocycles. The van der Waals surface area contributed by atoms with Crippen LogP contribution in [0.25, 0.3) is 38.1 Å². The van der Waals surface area contributed by atoms with Crippen LogP contribution in [0.4, 0.5) is 0 Å². The molecular formula is C41H50IrNO4S-. The number of nitrogens with zero attached hydrogens (tertiary/aromatic N) is 1. The molecule has 1 N–H and O–H groups in total. The summed E-state index contributed by atoms with van der Waals surface area (Å²) in [6.07, 6.45) is 12.0. The van der Waals surface area contributed by atoms with Gasteiger partial charge < -0.3 is 18.9 Å². The normalized spacial score (nSPS) is 13.1. The zero-order valence-electron chi connectivity index (χ0n) is 30.0. The van der Waals surface area contributed by atoms with Crippen molar-refractivity contribution in [2.75, 3.05) is 0 Å². The summed E-state index contributed by atoms with van der Waals surface area (Å²) in [6, 6.07) is 13.7. The number of furan rings is 2. The minimum absolute atomic E-state index is 0. The summed E-state index contributed by atoms with van der Waals surface area (Å²) < 4.78 is 12.8. The summed E-state index contributed by atoms with van der Waals surface area (Å²) in [5.74, 6) is 1.05. The van der Waals surface area contributed by atoms with E-state index in [0.717, 1.165) is 69.9 Å². The Bertz CT molecular complexity index is 1940. The number of allylic oxidation sites excluding steroid dienone is 2. The van der Waals surface area contributed by atoms with E-state index in [4.69, 9.17) is 8.83 Å². The minimum atomic E-state index is -0.337. The van der Waals surface area contributed by atoms with Gasteiger partial charge >= 0.3 is 0 Å². The van der Waals surface area contributed by atoms with E-state index in [-0.39, 0.29) is 47.9 Å². The number of rotatable bonds is 10. The summed E-state index contributed by atoms with van der Waals surface area (Å²) >= 11 is 1.77. The molecule has 48 heavy (non-hydrogen) atoms. The van der Waals surface area contributed by atoms with E-state index >= 15 is 0 Å². The molecule has 259 valence electrons. The van der Waals surface area contributed by atoms with Gasteiger partial charge in [-0.05, 0) is 84.2 Å². The van der Waals surface area contributed by atoms with Gasteiger partial charge in [0.15, 0.2) is 5.78 Å². The molecule has 0 atom stereocenters. The number of benzene rings is 2. The molecule has 5 nitrogen and oxygen atoms in total. The van der Waals surface area contributed by atoms with Crippen LogP contribution in [0.1, 0.15) is 110 Å². The van der Waals surface area contributed by atoms with Gasteiger partial charge in [-0.25, -0.2) is 0 Å². The number of fused-ring (bicyclic) bond motifs is 4. The van der Waals surface area contributed by atoms with Crippen LogP contribution in [0.3, 0.4) is 0 Å². The second kappa shape index (κ2) is 16.0. The molecule has 0 fully saturated rings. The summed E-state index contributed by atoms with van der Waals surface area (Å²) in [6.45, 7) is 20.8. The molecule has 0 saturated carbocycles. The van der Waals surface area contributed by atoms with E-state index in [9.17, 15) is 9.90 Å². The number of aliphatic imine (C=N–C) groups is 1. The third kappa shape index (κ3) is 8.48. The van der Waals surface area contributed by atoms with Crippen molar-refractivity contribution < 1.29 is 38.8 Å². The van der Waals surface area contributed by atoms with Crippen molar-refractivity contribution in [2.45, 2.75) is 100 Å². The number of aliphatic hydroxyl groups excluding tert-OH is 1. The molecule has 0 saturated heterocycles. The molecule has 5 rings (SSSR count). The fourth-order valence-corrected chi connectivity index (χ4v) is 6.57. The fourth-order valence-electron chi connectivity index (χ4n) is 5.49. The second-order valence-electron chi connectivity index (χ2n) is 14.0. The Hall–Kier alpha value is -3.25. The minimum Gasteiger partial charge on any atom is -0.512 e. The molecule has 5 aromatic rings. The third-order valence-electron chi connectivity index (χ3n) is 9.88. The summed E-state index contributed by atoms with van der Waals surface area (Å²) in [5.41, 5.74) is 4.61. The van der Waals surface area contributed by atoms with Crippen LogP contribution in [-0.4, -0.2) is 17.1 Å². The second-order valence-corrected chi connectivity index (χ2v) is 14.9. The standard InChI is InChI=1S/C26H22NO2S.C15H28O2.Ir/c1-16-15-28-23-6-5-22-20(24(16)23)13-19(29-22)7-9-27-14-17-11-18-8-10-30-25(18)21(12-17)26(2,3)4;1-7-14(5,8-2)12(16)11-13(17)15(6,9-3)10-4;/h5-10,12-15H,1-4H3;11,16H,7-10H2,1-6H3;/q-1;;/b9-7-,27-14?;12-11-;. The van der Waals surface area contributed by atoms with Crippen molar-refractivity contribution in [1.29, 1.82) is 0 Å². The summed E-state index contributed by atoms with van der Waals surface area (Å²) in [5, 5.41) is 15.6. The van der Waals surface area contributed by atoms with Crippen LogP contribution in [0.2, 0.25) is 0 Å². The monoisotopic (exact) mass is 845 g/mol. The zero-order valence-corrected chi connectivity index (χ0v) is 33.3. The van der Waals surface area contributed by atoms with Gasteiger partial charge in [-0.2, -0.15) is 11.3 Å². The van der Waals surface area contributed by atoms with Crippen LogP contribution < -0.4 is 0 Å². The van der Waals surface area contributed by atoms with Crippen molar-refractivity contribution >= 4 is 61.4 Å². The molecule has 0 bridgehead atoms. The first-order valence-corrected chi connectivity index (χ1v) is 17.6. The smallest absolute Gasteiger partial charge is 0.164 e. The Kier molecular flexibility index (Phi) is 13.0. The van der Waals surface area contributed by atoms with Gasteiger partial charge in [0.05, 0.1) is 6.26 Å². The van der Waals surface area contributed by atoms with E-state index in [2.05, 4.69) is 49.3 Å². The van der Waals surface area contributed by atoms with Crippen LogP contribution in [0.5, 0.6) is 0 Å². The average Bonchev–Trinajstić information content (AvgIpc) is 3.79. The molecule has 0 spiro atoms. The quantitative estimate of drug-likeness (QED) is 0.0657. The van der Waals surface area contributed by atoms with Crippen LogP contribution in [0, 0.1) is 23.8 Å². The van der Waals surface area contributed by atoms with Crippen molar-refractivity contribution in [1.82, 2.24) is 0 Å². The summed E-state index contributed by atoms with van der Waals surface area (Å²) in [4.78, 5) is 16.7. The molecule has 0 aliphatic heterocycles. The largest absolute Gasteiger partial charge is 0.512 e. The van der Waals surface area contributed by atoms with E-state index in [1.165, 1.54) is 16.3 Å². The van der Waals surface area contributed by atoms with Gasteiger partial charge in [-0.1, -0.05) is 67.9 Å². The fraction of sp³-hybridized carbons (Fsp3) is 0.415. The SMILES string of the molecule is CCC(C)(CC)C(=O)/C=C(\O)C(C)(CC)CC.Cc1coc2ccc3oc(/C=C\N=Cc4[c-]c5ccsc5c(C(C)(C)C)c4)cc3c12.[Ir]. The Balaban J connectivity index is 0.000000301. The predicted molar refractivity (Wildman–Crippen MR) is 200 cm³/mol. The third-order valence-corrected chi connectivity index (χ3v) is 10.8. The maximum Gasteiger partial charge on any atom is 0.164 e. The van der Waals surface area contributed by atoms with E-state index < -0.39 is 0 Å². The zero-order chi connectivity index (χ0) is 34.6. The van der Waals surface area contributed by atoms with Crippen molar-refractivity contribution in [3.8, 4) is 0 Å². The predicted octanol–water partition coefficient (Wildman–Crippen LogP) is 12.5. The molecule has 0 aliphatic rings. The Morgan fingerprint density at radius 3 is 2.23 bits per heavy atom. The van der Waals surface area contributed by atoms with Gasteiger partial charge in [0.2, 0.25) is 0 Å². The number of carbonyl (C=O) groups excluding carboxylic acids is 1. The molecule has 2 aromatic carbocycles. The Labute approximate surface area is 303 Å². The molecule has 0 unspecified atom stereocenters. The van der Waals surface area contributed by atoms with E-state index in [1.54, 1.807) is 23.8 Å². The van der Waals surface area contributed by atoms with Crippen molar-refractivity contribution in [3.05, 3.63) is 88.5 Å². The van der Waals surface area contributed by atoms with Gasteiger partial charge in [-0.3, -0.25) is 4.79 Å². The van der Waals surface area contributed by atoms with Crippen LogP contribution in [0.15, 0.2) is 73.8 Å². The number of hydrogen-bond acceptors (Lipinski definition) is 6. The van der Waals surface area contributed by atoms with Gasteiger partial charge in [0, 0.05) is 54.0 Å². The number of carbonyl (C=O) groups is 1. The first kappa shape index (κ1) is 39.2. The van der Waals surface area contributed by atoms with Gasteiger partial charge in [0.25, 0.3) is 0 Å². The van der Waals surface area contributed by atoms with E-state index in [0.29, 0.717) is 0 Å². The number of ketones is 1. The average molecular weight is 845 g/mol. The Morgan fingerprint density at radius 1 is 0.958 bits per heavy atom. The molecule has 7 heteroatoms. The number of aliphatic hydroxyl groups is 1.